The van der Waals surface area contributed by atoms with Gasteiger partial charge in [-0.3, -0.25) is 0 Å². The quantitative estimate of drug-likeness (QED) is 0.301. The monoisotopic (exact) mass is 255 g/mol. The molecular formula is C16H35N2+. The maximum absolute atomic E-state index is 3.71. The number of hydrogen-bond donors (Lipinski definition) is 1. The normalized spacial score (nSPS) is 11.7. The Balaban J connectivity index is 3.39. The summed E-state index contributed by atoms with van der Waals surface area (Å²) in [6.45, 7) is 10.6. The Morgan fingerprint density at radius 2 is 1.56 bits per heavy atom. The lowest BCUT2D eigenvalue weighted by Crippen LogP contribution is -2.42. The third-order valence-electron chi connectivity index (χ3n) is 3.52. The summed E-state index contributed by atoms with van der Waals surface area (Å²) >= 11 is 0. The highest BCUT2D eigenvalue weighted by molar-refractivity contribution is 4.69. The van der Waals surface area contributed by atoms with E-state index in [2.05, 4.69) is 32.9 Å². The fraction of sp³-hybridized carbons (Fsp3) is 0.875. The fourth-order valence-corrected chi connectivity index (χ4v) is 2.27. The molecule has 0 saturated heterocycles. The van der Waals surface area contributed by atoms with Crippen LogP contribution >= 0.6 is 0 Å². The Morgan fingerprint density at radius 3 is 2.22 bits per heavy atom. The molecule has 0 radical (unpaired) electrons. The summed E-state index contributed by atoms with van der Waals surface area (Å²) in [5.41, 5.74) is 0. The highest BCUT2D eigenvalue weighted by Gasteiger charge is 2.13. The summed E-state index contributed by atoms with van der Waals surface area (Å²) in [5.74, 6) is 0. The van der Waals surface area contributed by atoms with Gasteiger partial charge in [-0.15, -0.1) is 6.58 Å². The maximum atomic E-state index is 3.71. The van der Waals surface area contributed by atoms with Gasteiger partial charge in [0.1, 0.15) is 0 Å². The lowest BCUT2D eigenvalue weighted by Gasteiger charge is -2.30. The molecule has 0 bridgehead atoms. The molecule has 0 fully saturated rings. The molecule has 0 atom stereocenters. The summed E-state index contributed by atoms with van der Waals surface area (Å²) in [4.78, 5) is 0. The topological polar surface area (TPSA) is 12.0 Å². The SMILES string of the molecule is C=CCNCCC[N+](C)(C)CCCCCCCC. The van der Waals surface area contributed by atoms with Gasteiger partial charge in [-0.1, -0.05) is 38.7 Å². The van der Waals surface area contributed by atoms with Crippen molar-refractivity contribution in [3.63, 3.8) is 0 Å². The van der Waals surface area contributed by atoms with E-state index in [1.54, 1.807) is 0 Å². The van der Waals surface area contributed by atoms with Crippen LogP contribution < -0.4 is 5.32 Å². The molecule has 0 aliphatic rings. The van der Waals surface area contributed by atoms with E-state index in [9.17, 15) is 0 Å². The smallest absolute Gasteiger partial charge is 0.0794 e. The highest BCUT2D eigenvalue weighted by Crippen LogP contribution is 2.08. The van der Waals surface area contributed by atoms with E-state index < -0.39 is 0 Å². The van der Waals surface area contributed by atoms with Crippen LogP contribution in [0.2, 0.25) is 0 Å². The van der Waals surface area contributed by atoms with Gasteiger partial charge in [0.05, 0.1) is 27.2 Å². The van der Waals surface area contributed by atoms with Gasteiger partial charge in [-0.25, -0.2) is 0 Å². The molecule has 18 heavy (non-hydrogen) atoms. The van der Waals surface area contributed by atoms with Gasteiger partial charge in [-0.05, 0) is 12.8 Å². The van der Waals surface area contributed by atoms with Crippen LogP contribution in [0, 0.1) is 0 Å². The standard InChI is InChI=1S/C16H35N2/c1-5-7-8-9-10-11-15-18(3,4)16-12-14-17-13-6-2/h6,17H,2,5,7-16H2,1,3-4H3/q+1. The maximum Gasteiger partial charge on any atom is 0.0794 e. The van der Waals surface area contributed by atoms with Crippen LogP contribution in [0.15, 0.2) is 12.7 Å². The van der Waals surface area contributed by atoms with Crippen molar-refractivity contribution in [3.8, 4) is 0 Å². The van der Waals surface area contributed by atoms with Crippen molar-refractivity contribution in [2.45, 2.75) is 51.9 Å². The highest BCUT2D eigenvalue weighted by atomic mass is 15.3. The first-order valence-corrected chi connectivity index (χ1v) is 7.76. The fourth-order valence-electron chi connectivity index (χ4n) is 2.27. The zero-order chi connectivity index (χ0) is 13.7. The van der Waals surface area contributed by atoms with Crippen LogP contribution in [0.5, 0.6) is 0 Å². The van der Waals surface area contributed by atoms with Crippen molar-refractivity contribution in [1.82, 2.24) is 5.32 Å². The molecule has 2 heteroatoms. The van der Waals surface area contributed by atoms with E-state index in [1.807, 2.05) is 6.08 Å². The predicted molar refractivity (Wildman–Crippen MR) is 82.9 cm³/mol. The second-order valence-corrected chi connectivity index (χ2v) is 6.00. The van der Waals surface area contributed by atoms with Gasteiger partial charge in [0.15, 0.2) is 0 Å². The van der Waals surface area contributed by atoms with E-state index in [-0.39, 0.29) is 0 Å². The van der Waals surface area contributed by atoms with Gasteiger partial charge in [-0.2, -0.15) is 0 Å². The Labute approximate surface area is 115 Å². The molecule has 0 heterocycles. The Bertz CT molecular complexity index is 188. The van der Waals surface area contributed by atoms with Crippen LogP contribution in [0.25, 0.3) is 0 Å². The number of nitrogens with one attached hydrogen (secondary N) is 1. The lowest BCUT2D eigenvalue weighted by molar-refractivity contribution is -0.890. The van der Waals surface area contributed by atoms with Crippen LogP contribution in [-0.4, -0.2) is 44.8 Å². The minimum Gasteiger partial charge on any atom is -0.328 e. The molecule has 0 aromatic heterocycles. The van der Waals surface area contributed by atoms with E-state index in [0.29, 0.717) is 0 Å². The summed E-state index contributed by atoms with van der Waals surface area (Å²) in [7, 11) is 4.72. The molecule has 0 rings (SSSR count). The summed E-state index contributed by atoms with van der Waals surface area (Å²) in [6.07, 6.45) is 11.6. The third-order valence-corrected chi connectivity index (χ3v) is 3.52. The number of nitrogens with zero attached hydrogens (tertiary/aromatic N) is 1. The average Bonchev–Trinajstić information content (AvgIpc) is 2.33. The van der Waals surface area contributed by atoms with Gasteiger partial charge >= 0.3 is 0 Å². The van der Waals surface area contributed by atoms with Crippen molar-refractivity contribution in [2.24, 2.45) is 0 Å². The van der Waals surface area contributed by atoms with Crippen molar-refractivity contribution < 1.29 is 4.48 Å². The van der Waals surface area contributed by atoms with E-state index in [1.165, 1.54) is 62.5 Å². The largest absolute Gasteiger partial charge is 0.328 e. The number of unbranched alkanes of at least 4 members (excludes halogenated alkanes) is 5. The Kier molecular flexibility index (Phi) is 11.5. The van der Waals surface area contributed by atoms with E-state index >= 15 is 0 Å². The van der Waals surface area contributed by atoms with E-state index in [4.69, 9.17) is 0 Å². The first-order valence-electron chi connectivity index (χ1n) is 7.76. The molecule has 0 spiro atoms. The molecule has 2 nitrogen and oxygen atoms in total. The molecule has 0 saturated carbocycles. The molecule has 108 valence electrons. The molecule has 0 aliphatic heterocycles. The van der Waals surface area contributed by atoms with Gasteiger partial charge in [0.25, 0.3) is 0 Å². The molecule has 0 unspecified atom stereocenters. The van der Waals surface area contributed by atoms with E-state index in [0.717, 1.165) is 13.1 Å². The minimum atomic E-state index is 0.935. The van der Waals surface area contributed by atoms with Crippen molar-refractivity contribution in [1.29, 1.82) is 0 Å². The molecule has 0 amide bonds. The van der Waals surface area contributed by atoms with Crippen LogP contribution in [0.3, 0.4) is 0 Å². The molecule has 0 aliphatic carbocycles. The van der Waals surface area contributed by atoms with Gasteiger partial charge in [0.2, 0.25) is 0 Å². The summed E-state index contributed by atoms with van der Waals surface area (Å²) in [6, 6.07) is 0. The Morgan fingerprint density at radius 1 is 0.944 bits per heavy atom. The summed E-state index contributed by atoms with van der Waals surface area (Å²) in [5, 5.41) is 3.37. The van der Waals surface area contributed by atoms with Crippen LogP contribution in [-0.2, 0) is 0 Å². The number of hydrogen-bond acceptors (Lipinski definition) is 1. The molecule has 0 aromatic carbocycles. The van der Waals surface area contributed by atoms with Gasteiger partial charge in [0, 0.05) is 19.5 Å². The van der Waals surface area contributed by atoms with Crippen molar-refractivity contribution in [2.75, 3.05) is 40.3 Å². The third kappa shape index (κ3) is 12.1. The molecular weight excluding hydrogens is 220 g/mol. The van der Waals surface area contributed by atoms with Crippen LogP contribution in [0.4, 0.5) is 0 Å². The van der Waals surface area contributed by atoms with Gasteiger partial charge < -0.3 is 9.80 Å². The number of quaternary nitrogens is 1. The molecule has 0 aromatic rings. The van der Waals surface area contributed by atoms with Crippen LogP contribution in [0.1, 0.15) is 51.9 Å². The first kappa shape index (κ1) is 17.7. The average molecular weight is 255 g/mol. The lowest BCUT2D eigenvalue weighted by atomic mass is 10.1. The molecule has 1 N–H and O–H groups in total. The zero-order valence-corrected chi connectivity index (χ0v) is 13.0. The minimum absolute atomic E-state index is 0.935. The zero-order valence-electron chi connectivity index (χ0n) is 13.0. The van der Waals surface area contributed by atoms with Crippen molar-refractivity contribution >= 4 is 0 Å². The second-order valence-electron chi connectivity index (χ2n) is 6.00. The predicted octanol–water partition coefficient (Wildman–Crippen LogP) is 3.59. The summed E-state index contributed by atoms with van der Waals surface area (Å²) < 4.78 is 1.17. The van der Waals surface area contributed by atoms with Crippen molar-refractivity contribution in [3.05, 3.63) is 12.7 Å². The second kappa shape index (κ2) is 11.7. The Hall–Kier alpha value is -0.340. The first-order chi connectivity index (χ1) is 8.62. The number of rotatable bonds is 13.